The van der Waals surface area contributed by atoms with Crippen molar-refractivity contribution in [2.45, 2.75) is 42.3 Å². The molecule has 0 saturated carbocycles. The number of aliphatic hydroxyl groups is 1. The van der Waals surface area contributed by atoms with Crippen molar-refractivity contribution in [2.75, 3.05) is 18.6 Å². The summed E-state index contributed by atoms with van der Waals surface area (Å²) in [5.41, 5.74) is 1.36. The Kier molecular flexibility index (Phi) is 9.73. The molecule has 1 atom stereocenters. The van der Waals surface area contributed by atoms with Crippen LogP contribution in [0.25, 0.3) is 5.76 Å². The van der Waals surface area contributed by atoms with Crippen molar-refractivity contribution in [3.63, 3.8) is 0 Å². The Morgan fingerprint density at radius 3 is 2.56 bits per heavy atom. The smallest absolute Gasteiger partial charge is 0.301 e. The number of nitrogens with zero attached hydrogens (tertiary/aromatic N) is 3. The van der Waals surface area contributed by atoms with Gasteiger partial charge in [-0.15, -0.1) is 10.2 Å². The van der Waals surface area contributed by atoms with E-state index in [1.165, 1.54) is 29.8 Å². The van der Waals surface area contributed by atoms with Gasteiger partial charge in [-0.05, 0) is 60.0 Å². The highest BCUT2D eigenvalue weighted by atomic mass is 32.2. The van der Waals surface area contributed by atoms with Gasteiger partial charge >= 0.3 is 5.91 Å². The van der Waals surface area contributed by atoms with E-state index >= 15 is 0 Å². The molecule has 1 aliphatic rings. The summed E-state index contributed by atoms with van der Waals surface area (Å²) in [7, 11) is 1.53. The maximum absolute atomic E-state index is 14.1. The van der Waals surface area contributed by atoms with Gasteiger partial charge in [-0.3, -0.25) is 14.5 Å². The number of halogens is 1. The molecule has 1 N–H and O–H groups in total. The summed E-state index contributed by atoms with van der Waals surface area (Å²) in [6.45, 7) is 2.64. The van der Waals surface area contributed by atoms with Crippen LogP contribution in [-0.2, 0) is 15.3 Å². The van der Waals surface area contributed by atoms with E-state index in [4.69, 9.17) is 9.47 Å². The first kappa shape index (κ1) is 30.2. The predicted octanol–water partition coefficient (Wildman–Crippen LogP) is 7.17. The summed E-state index contributed by atoms with van der Waals surface area (Å²) in [6, 6.07) is 19.2. The second kappa shape index (κ2) is 13.8. The molecule has 1 unspecified atom stereocenters. The first-order valence-electron chi connectivity index (χ1n) is 13.8. The van der Waals surface area contributed by atoms with Gasteiger partial charge in [-0.2, -0.15) is 0 Å². The number of aromatic nitrogens is 2. The zero-order valence-corrected chi connectivity index (χ0v) is 25.3. The Morgan fingerprint density at radius 1 is 1.02 bits per heavy atom. The molecule has 1 aliphatic heterocycles. The number of ether oxygens (including phenoxy) is 2. The van der Waals surface area contributed by atoms with Crippen LogP contribution in [0, 0.1) is 5.82 Å². The highest BCUT2D eigenvalue weighted by Crippen LogP contribution is 2.44. The molecule has 222 valence electrons. The van der Waals surface area contributed by atoms with Crippen LogP contribution in [0.5, 0.6) is 11.5 Å². The molecule has 3 aromatic carbocycles. The average molecular weight is 620 g/mol. The van der Waals surface area contributed by atoms with Gasteiger partial charge in [0.05, 0.1) is 25.3 Å². The average Bonchev–Trinajstić information content (AvgIpc) is 3.60. The second-order valence-corrected chi connectivity index (χ2v) is 11.9. The van der Waals surface area contributed by atoms with Gasteiger partial charge in [0.2, 0.25) is 5.13 Å². The molecule has 0 radical (unpaired) electrons. The normalized spacial score (nSPS) is 16.1. The standard InChI is InChI=1S/C32H30FN3O5S2/c1-3-4-7-17-41-24-11-8-10-21(18-24)27-26(28(37)20-13-15-23(40-2)16-14-20)29(38)30(39)36(27)31-34-35-32(43-31)42-19-22-9-5-6-12-25(22)33/h5-6,8-16,18,27,37H,3-4,7,17,19H2,1-2H3/b28-26+. The zero-order valence-electron chi connectivity index (χ0n) is 23.7. The first-order chi connectivity index (χ1) is 20.9. The fourth-order valence-electron chi connectivity index (χ4n) is 4.68. The van der Waals surface area contributed by atoms with E-state index in [0.717, 1.165) is 30.6 Å². The highest BCUT2D eigenvalue weighted by Gasteiger charge is 2.48. The summed E-state index contributed by atoms with van der Waals surface area (Å²) < 4.78 is 25.8. The summed E-state index contributed by atoms with van der Waals surface area (Å²) in [6.07, 6.45) is 3.00. The molecule has 43 heavy (non-hydrogen) atoms. The summed E-state index contributed by atoms with van der Waals surface area (Å²) in [5.74, 6) is -0.835. The number of benzene rings is 3. The Hall–Kier alpha value is -4.22. The Labute approximate surface area is 257 Å². The van der Waals surface area contributed by atoms with Gasteiger partial charge in [0.1, 0.15) is 23.1 Å². The minimum Gasteiger partial charge on any atom is -0.507 e. The zero-order chi connectivity index (χ0) is 30.3. The quantitative estimate of drug-likeness (QED) is 0.0445. The number of hydrogen-bond acceptors (Lipinski definition) is 9. The molecular weight excluding hydrogens is 590 g/mol. The van der Waals surface area contributed by atoms with E-state index in [1.54, 1.807) is 60.7 Å². The third-order valence-electron chi connectivity index (χ3n) is 6.91. The monoisotopic (exact) mass is 619 g/mol. The number of rotatable bonds is 12. The number of aliphatic hydroxyl groups excluding tert-OH is 1. The fraction of sp³-hybridized carbons (Fsp3) is 0.250. The maximum atomic E-state index is 14.1. The molecule has 1 amide bonds. The topological polar surface area (TPSA) is 102 Å². The van der Waals surface area contributed by atoms with Gasteiger partial charge in [0.15, 0.2) is 4.34 Å². The highest BCUT2D eigenvalue weighted by molar-refractivity contribution is 8.00. The number of methoxy groups -OCH3 is 1. The Bertz CT molecular complexity index is 1640. The lowest BCUT2D eigenvalue weighted by atomic mass is 9.95. The largest absolute Gasteiger partial charge is 0.507 e. The van der Waals surface area contributed by atoms with Crippen LogP contribution in [0.3, 0.4) is 0 Å². The number of carbonyl (C=O) groups is 2. The van der Waals surface area contributed by atoms with Crippen LogP contribution < -0.4 is 14.4 Å². The lowest BCUT2D eigenvalue weighted by Crippen LogP contribution is -2.29. The summed E-state index contributed by atoms with van der Waals surface area (Å²) in [5, 5.41) is 20.0. The number of ketones is 1. The van der Waals surface area contributed by atoms with Crippen molar-refractivity contribution in [1.29, 1.82) is 0 Å². The summed E-state index contributed by atoms with van der Waals surface area (Å²) in [4.78, 5) is 28.4. The van der Waals surface area contributed by atoms with Gasteiger partial charge in [0.25, 0.3) is 5.78 Å². The van der Waals surface area contributed by atoms with E-state index in [2.05, 4.69) is 17.1 Å². The van der Waals surface area contributed by atoms with Crippen molar-refractivity contribution >= 4 is 45.7 Å². The molecule has 1 aromatic heterocycles. The number of unbranched alkanes of at least 4 members (excludes halogenated alkanes) is 2. The molecule has 1 saturated heterocycles. The van der Waals surface area contributed by atoms with Gasteiger partial charge in [0, 0.05) is 11.3 Å². The SMILES string of the molecule is CCCCCOc1cccc(C2/C(=C(\O)c3ccc(OC)cc3)C(=O)C(=O)N2c2nnc(SCc3ccccc3F)s2)c1. The molecule has 0 aliphatic carbocycles. The van der Waals surface area contributed by atoms with Crippen LogP contribution >= 0.6 is 23.1 Å². The molecule has 11 heteroatoms. The predicted molar refractivity (Wildman–Crippen MR) is 165 cm³/mol. The fourth-order valence-corrected chi connectivity index (χ4v) is 6.53. The lowest BCUT2D eigenvalue weighted by Gasteiger charge is -2.23. The molecule has 5 rings (SSSR count). The summed E-state index contributed by atoms with van der Waals surface area (Å²) >= 11 is 2.39. The molecule has 0 spiro atoms. The number of amides is 1. The Morgan fingerprint density at radius 2 is 1.81 bits per heavy atom. The van der Waals surface area contributed by atoms with E-state index in [-0.39, 0.29) is 22.3 Å². The van der Waals surface area contributed by atoms with Crippen molar-refractivity contribution in [1.82, 2.24) is 10.2 Å². The van der Waals surface area contributed by atoms with Crippen molar-refractivity contribution in [2.24, 2.45) is 0 Å². The van der Waals surface area contributed by atoms with Crippen LogP contribution in [0.2, 0.25) is 0 Å². The Balaban J connectivity index is 1.52. The van der Waals surface area contributed by atoms with Crippen molar-refractivity contribution in [3.05, 3.63) is 101 Å². The van der Waals surface area contributed by atoms with Gasteiger partial charge < -0.3 is 14.6 Å². The first-order valence-corrected chi connectivity index (χ1v) is 15.6. The van der Waals surface area contributed by atoms with Crippen molar-refractivity contribution in [3.8, 4) is 11.5 Å². The van der Waals surface area contributed by atoms with Crippen LogP contribution in [-0.4, -0.2) is 40.7 Å². The minimum atomic E-state index is -0.987. The van der Waals surface area contributed by atoms with E-state index < -0.39 is 17.7 Å². The van der Waals surface area contributed by atoms with Crippen LogP contribution in [0.15, 0.2) is 82.7 Å². The van der Waals surface area contributed by atoms with Gasteiger partial charge in [-0.1, -0.05) is 73.2 Å². The lowest BCUT2D eigenvalue weighted by molar-refractivity contribution is -0.132. The molecule has 4 aromatic rings. The van der Waals surface area contributed by atoms with Crippen LogP contribution in [0.1, 0.15) is 48.9 Å². The van der Waals surface area contributed by atoms with Gasteiger partial charge in [-0.25, -0.2) is 4.39 Å². The van der Waals surface area contributed by atoms with E-state index in [0.29, 0.717) is 44.9 Å². The molecule has 0 bridgehead atoms. The maximum Gasteiger partial charge on any atom is 0.301 e. The van der Waals surface area contributed by atoms with E-state index in [9.17, 15) is 19.1 Å². The number of anilines is 1. The van der Waals surface area contributed by atoms with E-state index in [1.807, 2.05) is 6.07 Å². The molecule has 1 fully saturated rings. The number of carbonyl (C=O) groups excluding carboxylic acids is 2. The molecular formula is C32H30FN3O5S2. The third-order valence-corrected chi connectivity index (χ3v) is 9.01. The number of thioether (sulfide) groups is 1. The number of Topliss-reactive ketones (excluding diaryl/α,β-unsaturated/α-hetero) is 1. The molecule has 8 nitrogen and oxygen atoms in total. The molecule has 2 heterocycles. The van der Waals surface area contributed by atoms with Crippen LogP contribution in [0.4, 0.5) is 9.52 Å². The number of hydrogen-bond donors (Lipinski definition) is 1. The van der Waals surface area contributed by atoms with Crippen molar-refractivity contribution < 1.29 is 28.6 Å². The minimum absolute atomic E-state index is 0.0749. The third kappa shape index (κ3) is 6.73. The second-order valence-electron chi connectivity index (χ2n) is 9.76.